The molecule has 80 valence electrons. The molecule has 1 saturated heterocycles. The van der Waals surface area contributed by atoms with Gasteiger partial charge in [0.05, 0.1) is 13.7 Å². The molecule has 2 heterocycles. The van der Waals surface area contributed by atoms with Crippen molar-refractivity contribution in [3.05, 3.63) is 23.8 Å². The fourth-order valence-electron chi connectivity index (χ4n) is 2.58. The lowest BCUT2D eigenvalue weighted by Crippen LogP contribution is -2.27. The molecule has 0 radical (unpaired) electrons. The maximum absolute atomic E-state index is 5.79. The molecule has 1 N–H and O–H groups in total. The molecule has 2 unspecified atom stereocenters. The van der Waals surface area contributed by atoms with Crippen molar-refractivity contribution >= 4 is 0 Å². The molecule has 1 aromatic carbocycles. The molecule has 2 aliphatic heterocycles. The Bertz CT molecular complexity index is 378. The van der Waals surface area contributed by atoms with Gasteiger partial charge in [-0.1, -0.05) is 12.1 Å². The Morgan fingerprint density at radius 3 is 3.27 bits per heavy atom. The summed E-state index contributed by atoms with van der Waals surface area (Å²) in [6, 6.07) is 6.58. The van der Waals surface area contributed by atoms with Crippen LogP contribution in [0.25, 0.3) is 0 Å². The predicted octanol–water partition coefficient (Wildman–Crippen LogP) is 1.74. The van der Waals surface area contributed by atoms with E-state index in [4.69, 9.17) is 9.47 Å². The lowest BCUT2D eigenvalue weighted by atomic mass is 9.92. The Balaban J connectivity index is 2.07. The Labute approximate surface area is 89.4 Å². The molecule has 15 heavy (non-hydrogen) atoms. The molecule has 2 aliphatic rings. The van der Waals surface area contributed by atoms with Gasteiger partial charge < -0.3 is 14.8 Å². The molecule has 0 saturated carbocycles. The number of para-hydroxylation sites is 1. The molecular weight excluding hydrogens is 190 g/mol. The monoisotopic (exact) mass is 205 g/mol. The normalized spacial score (nSPS) is 27.8. The summed E-state index contributed by atoms with van der Waals surface area (Å²) in [5, 5.41) is 3.53. The van der Waals surface area contributed by atoms with Crippen LogP contribution >= 0.6 is 0 Å². The van der Waals surface area contributed by atoms with Crippen LogP contribution in [0, 0.1) is 5.92 Å². The van der Waals surface area contributed by atoms with Crippen molar-refractivity contribution in [3.8, 4) is 11.5 Å². The zero-order chi connectivity index (χ0) is 10.3. The van der Waals surface area contributed by atoms with Crippen molar-refractivity contribution in [2.24, 2.45) is 5.92 Å². The first-order valence-corrected chi connectivity index (χ1v) is 5.43. The van der Waals surface area contributed by atoms with Crippen LogP contribution in [0.4, 0.5) is 0 Å². The van der Waals surface area contributed by atoms with Crippen LogP contribution < -0.4 is 14.8 Å². The molecule has 0 spiro atoms. The predicted molar refractivity (Wildman–Crippen MR) is 57.3 cm³/mol. The van der Waals surface area contributed by atoms with Crippen LogP contribution in [0.1, 0.15) is 18.0 Å². The van der Waals surface area contributed by atoms with E-state index in [1.165, 1.54) is 12.0 Å². The summed E-state index contributed by atoms with van der Waals surface area (Å²) in [5.41, 5.74) is 1.25. The van der Waals surface area contributed by atoms with Gasteiger partial charge in [-0.3, -0.25) is 0 Å². The Morgan fingerprint density at radius 1 is 1.47 bits per heavy atom. The first kappa shape index (κ1) is 9.04. The topological polar surface area (TPSA) is 30.5 Å². The van der Waals surface area contributed by atoms with Gasteiger partial charge in [-0.25, -0.2) is 0 Å². The van der Waals surface area contributed by atoms with E-state index in [1.807, 2.05) is 12.1 Å². The maximum atomic E-state index is 5.79. The third kappa shape index (κ3) is 1.30. The molecular formula is C12H15NO2. The van der Waals surface area contributed by atoms with Gasteiger partial charge in [0, 0.05) is 17.5 Å². The second-order valence-electron chi connectivity index (χ2n) is 4.17. The van der Waals surface area contributed by atoms with Crippen molar-refractivity contribution in [2.45, 2.75) is 12.5 Å². The molecule has 0 aromatic heterocycles. The average molecular weight is 205 g/mol. The fraction of sp³-hybridized carbons (Fsp3) is 0.500. The standard InChI is InChI=1S/C12H15NO2/c1-14-10-4-2-3-9-11-8(5-6-13-11)7-15-12(9)10/h2-4,8,11,13H,5-7H2,1H3. The summed E-state index contributed by atoms with van der Waals surface area (Å²) in [5.74, 6) is 2.40. The van der Waals surface area contributed by atoms with E-state index in [9.17, 15) is 0 Å². The molecule has 1 fully saturated rings. The Kier molecular flexibility index (Phi) is 2.06. The number of ether oxygens (including phenoxy) is 2. The van der Waals surface area contributed by atoms with Crippen LogP contribution in [0.3, 0.4) is 0 Å². The molecule has 2 atom stereocenters. The SMILES string of the molecule is COc1cccc2c1OCC1CCNC21. The molecule has 3 heteroatoms. The van der Waals surface area contributed by atoms with Gasteiger partial charge in [-0.05, 0) is 19.0 Å². The van der Waals surface area contributed by atoms with Gasteiger partial charge in [0.1, 0.15) is 0 Å². The van der Waals surface area contributed by atoms with Crippen LogP contribution in [0.15, 0.2) is 18.2 Å². The highest BCUT2D eigenvalue weighted by atomic mass is 16.5. The van der Waals surface area contributed by atoms with E-state index in [2.05, 4.69) is 11.4 Å². The number of fused-ring (bicyclic) bond motifs is 3. The summed E-state index contributed by atoms with van der Waals surface area (Å²) in [6.45, 7) is 1.90. The number of hydrogen-bond acceptors (Lipinski definition) is 3. The molecule has 0 amide bonds. The van der Waals surface area contributed by atoms with Crippen LogP contribution in [0.2, 0.25) is 0 Å². The van der Waals surface area contributed by atoms with E-state index in [0.29, 0.717) is 12.0 Å². The largest absolute Gasteiger partial charge is 0.493 e. The highest BCUT2D eigenvalue weighted by Crippen LogP contribution is 2.43. The smallest absolute Gasteiger partial charge is 0.165 e. The van der Waals surface area contributed by atoms with Gasteiger partial charge in [-0.15, -0.1) is 0 Å². The number of hydrogen-bond donors (Lipinski definition) is 1. The minimum absolute atomic E-state index is 0.462. The van der Waals surface area contributed by atoms with E-state index in [1.54, 1.807) is 7.11 Å². The molecule has 3 nitrogen and oxygen atoms in total. The van der Waals surface area contributed by atoms with Gasteiger partial charge in [-0.2, -0.15) is 0 Å². The highest BCUT2D eigenvalue weighted by molar-refractivity contribution is 5.49. The Hall–Kier alpha value is -1.22. The van der Waals surface area contributed by atoms with E-state index >= 15 is 0 Å². The van der Waals surface area contributed by atoms with Crippen LogP contribution in [-0.4, -0.2) is 20.3 Å². The summed E-state index contributed by atoms with van der Waals surface area (Å²) in [4.78, 5) is 0. The molecule has 0 bridgehead atoms. The van der Waals surface area contributed by atoms with Crippen LogP contribution in [-0.2, 0) is 0 Å². The first-order chi connectivity index (χ1) is 7.40. The minimum Gasteiger partial charge on any atom is -0.493 e. The number of methoxy groups -OCH3 is 1. The summed E-state index contributed by atoms with van der Waals surface area (Å²) in [7, 11) is 1.69. The zero-order valence-corrected chi connectivity index (χ0v) is 8.82. The number of nitrogens with one attached hydrogen (secondary N) is 1. The summed E-state index contributed by atoms with van der Waals surface area (Å²) in [6.07, 6.45) is 1.21. The highest BCUT2D eigenvalue weighted by Gasteiger charge is 2.35. The first-order valence-electron chi connectivity index (χ1n) is 5.43. The summed E-state index contributed by atoms with van der Waals surface area (Å²) < 4.78 is 11.1. The number of benzene rings is 1. The third-order valence-electron chi connectivity index (χ3n) is 3.36. The second-order valence-corrected chi connectivity index (χ2v) is 4.17. The molecule has 1 aromatic rings. The number of rotatable bonds is 1. The van der Waals surface area contributed by atoms with Gasteiger partial charge >= 0.3 is 0 Å². The average Bonchev–Trinajstić information content (AvgIpc) is 2.76. The van der Waals surface area contributed by atoms with Crippen molar-refractivity contribution in [3.63, 3.8) is 0 Å². The third-order valence-corrected chi connectivity index (χ3v) is 3.36. The Morgan fingerprint density at radius 2 is 2.40 bits per heavy atom. The van der Waals surface area contributed by atoms with Crippen molar-refractivity contribution in [2.75, 3.05) is 20.3 Å². The fourth-order valence-corrected chi connectivity index (χ4v) is 2.58. The van der Waals surface area contributed by atoms with E-state index < -0.39 is 0 Å². The lowest BCUT2D eigenvalue weighted by Gasteiger charge is -2.29. The molecule has 0 aliphatic carbocycles. The van der Waals surface area contributed by atoms with E-state index in [-0.39, 0.29) is 0 Å². The van der Waals surface area contributed by atoms with Crippen molar-refractivity contribution in [1.29, 1.82) is 0 Å². The maximum Gasteiger partial charge on any atom is 0.165 e. The van der Waals surface area contributed by atoms with Gasteiger partial charge in [0.2, 0.25) is 0 Å². The van der Waals surface area contributed by atoms with Crippen LogP contribution in [0.5, 0.6) is 11.5 Å². The zero-order valence-electron chi connectivity index (χ0n) is 8.82. The van der Waals surface area contributed by atoms with E-state index in [0.717, 1.165) is 24.7 Å². The van der Waals surface area contributed by atoms with Gasteiger partial charge in [0.15, 0.2) is 11.5 Å². The van der Waals surface area contributed by atoms with Crippen molar-refractivity contribution in [1.82, 2.24) is 5.32 Å². The lowest BCUT2D eigenvalue weighted by molar-refractivity contribution is 0.196. The van der Waals surface area contributed by atoms with Crippen molar-refractivity contribution < 1.29 is 9.47 Å². The quantitative estimate of drug-likeness (QED) is 0.757. The minimum atomic E-state index is 0.462. The van der Waals surface area contributed by atoms with Gasteiger partial charge in [0.25, 0.3) is 0 Å². The summed E-state index contributed by atoms with van der Waals surface area (Å²) >= 11 is 0. The second kappa shape index (κ2) is 3.42. The molecule has 3 rings (SSSR count).